The number of nitrogens with zero attached hydrogens (tertiary/aromatic N) is 1. The highest BCUT2D eigenvalue weighted by molar-refractivity contribution is 7.09. The van der Waals surface area contributed by atoms with E-state index in [0.29, 0.717) is 11.3 Å². The van der Waals surface area contributed by atoms with Crippen molar-refractivity contribution < 1.29 is 4.42 Å². The van der Waals surface area contributed by atoms with Crippen LogP contribution in [0.1, 0.15) is 23.5 Å². The average molecular weight is 311 g/mol. The number of piperidine rings is 1. The van der Waals surface area contributed by atoms with Crippen LogP contribution in [0.15, 0.2) is 34.1 Å². The number of nitrogens with one attached hydrogen (secondary N) is 1. The minimum atomic E-state index is 0.463. The smallest absolute Gasteiger partial charge is 0.193 e. The molecule has 0 spiro atoms. The van der Waals surface area contributed by atoms with E-state index >= 15 is 0 Å². The second-order valence-electron chi connectivity index (χ2n) is 5.24. The van der Waals surface area contributed by atoms with Gasteiger partial charge in [-0.3, -0.25) is 4.90 Å². The van der Waals surface area contributed by atoms with Crippen LogP contribution in [0.3, 0.4) is 0 Å². The van der Waals surface area contributed by atoms with Crippen molar-refractivity contribution in [2.45, 2.75) is 32.0 Å². The average Bonchev–Trinajstić information content (AvgIpc) is 3.09. The highest BCUT2D eigenvalue weighted by Crippen LogP contribution is 2.18. The van der Waals surface area contributed by atoms with Gasteiger partial charge in [-0.1, -0.05) is 6.07 Å². The third-order valence-corrected chi connectivity index (χ3v) is 4.72. The molecule has 1 fully saturated rings. The predicted octanol–water partition coefficient (Wildman–Crippen LogP) is 3.75. The fourth-order valence-corrected chi connectivity index (χ4v) is 3.59. The standard InChI is InChI=1S/C15H19ClN2OS/c16-15-6-5-13(19-15)9-17-12-3-1-7-18(10-12)11-14-4-2-8-20-14/h2,4-6,8,12,17H,1,3,7,9-11H2. The fraction of sp³-hybridized carbons (Fsp3) is 0.467. The predicted molar refractivity (Wildman–Crippen MR) is 83.2 cm³/mol. The van der Waals surface area contributed by atoms with Gasteiger partial charge in [0.2, 0.25) is 0 Å². The Labute approximate surface area is 128 Å². The molecule has 20 heavy (non-hydrogen) atoms. The lowest BCUT2D eigenvalue weighted by Gasteiger charge is -2.32. The minimum Gasteiger partial charge on any atom is -0.448 e. The molecular formula is C15H19ClN2OS. The number of hydrogen-bond acceptors (Lipinski definition) is 4. The molecule has 0 bridgehead atoms. The van der Waals surface area contributed by atoms with Gasteiger partial charge >= 0.3 is 0 Å². The molecule has 3 heterocycles. The summed E-state index contributed by atoms with van der Waals surface area (Å²) in [4.78, 5) is 3.98. The van der Waals surface area contributed by atoms with Crippen LogP contribution in [-0.2, 0) is 13.1 Å². The number of furan rings is 1. The summed E-state index contributed by atoms with van der Waals surface area (Å²) in [6.45, 7) is 4.13. The molecule has 1 saturated heterocycles. The lowest BCUT2D eigenvalue weighted by molar-refractivity contribution is 0.182. The van der Waals surface area contributed by atoms with Crippen LogP contribution in [0.4, 0.5) is 0 Å². The lowest BCUT2D eigenvalue weighted by Crippen LogP contribution is -2.44. The Morgan fingerprint density at radius 3 is 3.10 bits per heavy atom. The van der Waals surface area contributed by atoms with Crippen molar-refractivity contribution in [2.75, 3.05) is 13.1 Å². The van der Waals surface area contributed by atoms with E-state index in [1.54, 1.807) is 6.07 Å². The molecule has 3 nitrogen and oxygen atoms in total. The van der Waals surface area contributed by atoms with Gasteiger partial charge in [0.1, 0.15) is 5.76 Å². The van der Waals surface area contributed by atoms with E-state index in [0.717, 1.165) is 25.4 Å². The molecule has 0 radical (unpaired) electrons. The number of halogens is 1. The Morgan fingerprint density at radius 1 is 1.40 bits per heavy atom. The summed E-state index contributed by atoms with van der Waals surface area (Å²) in [5.74, 6) is 0.908. The molecule has 0 amide bonds. The molecule has 1 aliphatic heterocycles. The fourth-order valence-electron chi connectivity index (χ4n) is 2.68. The molecular weight excluding hydrogens is 292 g/mol. The van der Waals surface area contributed by atoms with Crippen molar-refractivity contribution in [3.05, 3.63) is 45.5 Å². The molecule has 1 N–H and O–H groups in total. The number of rotatable bonds is 5. The van der Waals surface area contributed by atoms with Gasteiger partial charge in [-0.2, -0.15) is 0 Å². The quantitative estimate of drug-likeness (QED) is 0.911. The topological polar surface area (TPSA) is 28.4 Å². The van der Waals surface area contributed by atoms with Crippen molar-refractivity contribution in [2.24, 2.45) is 0 Å². The maximum atomic E-state index is 5.78. The van der Waals surface area contributed by atoms with Crippen molar-refractivity contribution >= 4 is 22.9 Å². The first-order valence-electron chi connectivity index (χ1n) is 7.02. The first kappa shape index (κ1) is 14.1. The highest BCUT2D eigenvalue weighted by atomic mass is 35.5. The summed E-state index contributed by atoms with van der Waals surface area (Å²) in [5.41, 5.74) is 0. The van der Waals surface area contributed by atoms with Gasteiger partial charge < -0.3 is 9.73 Å². The van der Waals surface area contributed by atoms with Gasteiger partial charge in [-0.25, -0.2) is 0 Å². The normalized spacial score (nSPS) is 20.4. The molecule has 3 rings (SSSR count). The summed E-state index contributed by atoms with van der Waals surface area (Å²) in [6, 6.07) is 8.60. The molecule has 108 valence electrons. The summed E-state index contributed by atoms with van der Waals surface area (Å²) in [7, 11) is 0. The zero-order valence-corrected chi connectivity index (χ0v) is 12.9. The number of thiophene rings is 1. The molecule has 0 aromatic carbocycles. The monoisotopic (exact) mass is 310 g/mol. The number of hydrogen-bond donors (Lipinski definition) is 1. The van der Waals surface area contributed by atoms with Gasteiger partial charge in [0.25, 0.3) is 0 Å². The minimum absolute atomic E-state index is 0.463. The molecule has 1 unspecified atom stereocenters. The van der Waals surface area contributed by atoms with Crippen molar-refractivity contribution in [3.8, 4) is 0 Å². The van der Waals surface area contributed by atoms with Crippen LogP contribution >= 0.6 is 22.9 Å². The maximum absolute atomic E-state index is 5.78. The summed E-state index contributed by atoms with van der Waals surface area (Å²) in [6.07, 6.45) is 2.48. The summed E-state index contributed by atoms with van der Waals surface area (Å²) in [5, 5.41) is 6.18. The highest BCUT2D eigenvalue weighted by Gasteiger charge is 2.20. The van der Waals surface area contributed by atoms with E-state index in [1.807, 2.05) is 17.4 Å². The summed E-state index contributed by atoms with van der Waals surface area (Å²) >= 11 is 7.62. The Hall–Kier alpha value is -0.810. The largest absolute Gasteiger partial charge is 0.448 e. The Morgan fingerprint density at radius 2 is 2.35 bits per heavy atom. The van der Waals surface area contributed by atoms with Crippen molar-refractivity contribution in [1.29, 1.82) is 0 Å². The van der Waals surface area contributed by atoms with Gasteiger partial charge in [-0.15, -0.1) is 11.3 Å². The van der Waals surface area contributed by atoms with E-state index in [2.05, 4.69) is 27.7 Å². The SMILES string of the molecule is Clc1ccc(CNC2CCCN(Cc3cccs3)C2)o1. The Bertz CT molecular complexity index is 526. The van der Waals surface area contributed by atoms with Gasteiger partial charge in [0.15, 0.2) is 5.22 Å². The zero-order chi connectivity index (χ0) is 13.8. The van der Waals surface area contributed by atoms with Gasteiger partial charge in [-0.05, 0) is 54.6 Å². The zero-order valence-electron chi connectivity index (χ0n) is 11.3. The molecule has 1 aliphatic rings. The first-order chi connectivity index (χ1) is 9.79. The van der Waals surface area contributed by atoms with Crippen molar-refractivity contribution in [1.82, 2.24) is 10.2 Å². The van der Waals surface area contributed by atoms with Gasteiger partial charge in [0, 0.05) is 24.0 Å². The second kappa shape index (κ2) is 6.76. The van der Waals surface area contributed by atoms with E-state index in [1.165, 1.54) is 24.3 Å². The molecule has 5 heteroatoms. The van der Waals surface area contributed by atoms with Crippen LogP contribution in [-0.4, -0.2) is 24.0 Å². The van der Waals surface area contributed by atoms with Crippen molar-refractivity contribution in [3.63, 3.8) is 0 Å². The molecule has 0 saturated carbocycles. The van der Waals surface area contributed by atoms with Crippen LogP contribution in [0.2, 0.25) is 5.22 Å². The molecule has 2 aromatic rings. The van der Waals surface area contributed by atoms with E-state index in [-0.39, 0.29) is 0 Å². The second-order valence-corrected chi connectivity index (χ2v) is 6.65. The number of likely N-dealkylation sites (tertiary alicyclic amines) is 1. The lowest BCUT2D eigenvalue weighted by atomic mass is 10.1. The van der Waals surface area contributed by atoms with E-state index in [9.17, 15) is 0 Å². The van der Waals surface area contributed by atoms with E-state index in [4.69, 9.17) is 16.0 Å². The van der Waals surface area contributed by atoms with Gasteiger partial charge in [0.05, 0.1) is 6.54 Å². The molecule has 1 atom stereocenters. The summed E-state index contributed by atoms with van der Waals surface area (Å²) < 4.78 is 5.38. The third-order valence-electron chi connectivity index (χ3n) is 3.66. The van der Waals surface area contributed by atoms with Crippen LogP contribution in [0, 0.1) is 0 Å². The molecule has 0 aliphatic carbocycles. The van der Waals surface area contributed by atoms with Crippen LogP contribution in [0.5, 0.6) is 0 Å². The maximum Gasteiger partial charge on any atom is 0.193 e. The Kier molecular flexibility index (Phi) is 4.78. The third kappa shape index (κ3) is 3.85. The van der Waals surface area contributed by atoms with E-state index < -0.39 is 0 Å². The van der Waals surface area contributed by atoms with Crippen LogP contribution in [0.25, 0.3) is 0 Å². The van der Waals surface area contributed by atoms with Crippen LogP contribution < -0.4 is 5.32 Å². The first-order valence-corrected chi connectivity index (χ1v) is 8.28. The Balaban J connectivity index is 1.47. The molecule has 2 aromatic heterocycles.